The zero-order valence-corrected chi connectivity index (χ0v) is 16.6. The van der Waals surface area contributed by atoms with Gasteiger partial charge in [0.2, 0.25) is 5.91 Å². The molecule has 0 unspecified atom stereocenters. The number of nitrogens with zero attached hydrogens (tertiary/aromatic N) is 5. The van der Waals surface area contributed by atoms with Crippen LogP contribution in [0.5, 0.6) is 5.75 Å². The summed E-state index contributed by atoms with van der Waals surface area (Å²) in [7, 11) is 0. The zero-order chi connectivity index (χ0) is 20.2. The van der Waals surface area contributed by atoms with E-state index in [0.29, 0.717) is 26.2 Å². The smallest absolute Gasteiger partial charge is 0.226 e. The summed E-state index contributed by atoms with van der Waals surface area (Å²) in [6.07, 6.45) is 6.76. The minimum Gasteiger partial charge on any atom is -0.492 e. The van der Waals surface area contributed by atoms with Crippen LogP contribution in [0.2, 0.25) is 0 Å². The lowest BCUT2D eigenvalue weighted by molar-refractivity contribution is -0.125. The highest BCUT2D eigenvalue weighted by molar-refractivity contribution is 5.81. The van der Waals surface area contributed by atoms with Crippen LogP contribution in [0, 0.1) is 19.8 Å². The number of hydrogen-bond donors (Lipinski definition) is 1. The van der Waals surface area contributed by atoms with E-state index in [2.05, 4.69) is 31.2 Å². The summed E-state index contributed by atoms with van der Waals surface area (Å²) in [4.78, 5) is 27.0. The Kier molecular flexibility index (Phi) is 5.41. The van der Waals surface area contributed by atoms with Crippen molar-refractivity contribution >= 4 is 11.7 Å². The molecule has 0 aliphatic carbocycles. The number of hydrogen-bond acceptors (Lipinski definition) is 6. The molecule has 3 heterocycles. The minimum absolute atomic E-state index is 0.0390. The van der Waals surface area contributed by atoms with Crippen LogP contribution < -0.4 is 15.0 Å². The highest BCUT2D eigenvalue weighted by Crippen LogP contribution is 2.23. The molecule has 1 aliphatic rings. The molecule has 0 saturated carbocycles. The number of carbonyl (C=O) groups is 1. The van der Waals surface area contributed by atoms with Gasteiger partial charge in [-0.3, -0.25) is 9.36 Å². The van der Waals surface area contributed by atoms with E-state index in [0.717, 1.165) is 17.4 Å². The van der Waals surface area contributed by atoms with E-state index in [-0.39, 0.29) is 11.8 Å². The summed E-state index contributed by atoms with van der Waals surface area (Å²) in [5.41, 5.74) is 2.33. The van der Waals surface area contributed by atoms with Crippen LogP contribution in [0.15, 0.2) is 49.3 Å². The van der Waals surface area contributed by atoms with Crippen molar-refractivity contribution in [3.05, 3.63) is 60.4 Å². The normalized spacial score (nSPS) is 13.8. The Morgan fingerprint density at radius 1 is 1.14 bits per heavy atom. The molecule has 1 aromatic carbocycles. The Morgan fingerprint density at radius 3 is 2.62 bits per heavy atom. The van der Waals surface area contributed by atoms with E-state index in [1.54, 1.807) is 12.5 Å². The van der Waals surface area contributed by atoms with Gasteiger partial charge in [-0.05, 0) is 37.1 Å². The Labute approximate surface area is 169 Å². The monoisotopic (exact) mass is 392 g/mol. The van der Waals surface area contributed by atoms with Gasteiger partial charge in [-0.1, -0.05) is 6.07 Å². The van der Waals surface area contributed by atoms with Gasteiger partial charge in [-0.2, -0.15) is 0 Å². The minimum atomic E-state index is -0.0390. The summed E-state index contributed by atoms with van der Waals surface area (Å²) >= 11 is 0. The number of nitrogens with one attached hydrogen (secondary N) is 1. The van der Waals surface area contributed by atoms with Crippen molar-refractivity contribution in [3.8, 4) is 11.6 Å². The van der Waals surface area contributed by atoms with Crippen molar-refractivity contribution in [1.29, 1.82) is 0 Å². The van der Waals surface area contributed by atoms with Crippen molar-refractivity contribution in [3.63, 3.8) is 0 Å². The number of ether oxygens (including phenoxy) is 1. The molecule has 3 aromatic rings. The van der Waals surface area contributed by atoms with Crippen molar-refractivity contribution < 1.29 is 9.53 Å². The van der Waals surface area contributed by atoms with Crippen molar-refractivity contribution in [1.82, 2.24) is 24.8 Å². The fraction of sp³-hybridized carbons (Fsp3) is 0.333. The number of aromatic nitrogens is 4. The Morgan fingerprint density at radius 2 is 1.90 bits per heavy atom. The SMILES string of the molecule is Cc1cc(C)cc(OCCNC(=O)C2CN(c3cc(-n4ccnc4)ncn3)C2)c1. The molecular weight excluding hydrogens is 368 g/mol. The average Bonchev–Trinajstić information content (AvgIpc) is 3.18. The maximum absolute atomic E-state index is 12.3. The summed E-state index contributed by atoms with van der Waals surface area (Å²) in [5.74, 6) is 2.41. The van der Waals surface area contributed by atoms with E-state index in [4.69, 9.17) is 4.74 Å². The zero-order valence-electron chi connectivity index (χ0n) is 16.6. The van der Waals surface area contributed by atoms with Crippen molar-refractivity contribution in [2.24, 2.45) is 5.92 Å². The van der Waals surface area contributed by atoms with Gasteiger partial charge in [0.05, 0.1) is 12.5 Å². The molecule has 29 heavy (non-hydrogen) atoms. The van der Waals surface area contributed by atoms with Crippen LogP contribution in [0.4, 0.5) is 5.82 Å². The molecule has 1 N–H and O–H groups in total. The second-order valence-corrected chi connectivity index (χ2v) is 7.27. The first-order valence-electron chi connectivity index (χ1n) is 9.62. The molecule has 8 nitrogen and oxygen atoms in total. The second-order valence-electron chi connectivity index (χ2n) is 7.27. The van der Waals surface area contributed by atoms with Gasteiger partial charge in [0.15, 0.2) is 0 Å². The Hall–Kier alpha value is -3.42. The number of anilines is 1. The Balaban J connectivity index is 1.22. The highest BCUT2D eigenvalue weighted by atomic mass is 16.5. The van der Waals surface area contributed by atoms with E-state index in [1.807, 2.05) is 42.8 Å². The quantitative estimate of drug-likeness (QED) is 0.619. The molecule has 0 spiro atoms. The van der Waals surface area contributed by atoms with Crippen molar-refractivity contribution in [2.45, 2.75) is 13.8 Å². The third kappa shape index (κ3) is 4.53. The fourth-order valence-corrected chi connectivity index (χ4v) is 3.38. The van der Waals surface area contributed by atoms with E-state index in [1.165, 1.54) is 17.5 Å². The summed E-state index contributed by atoms with van der Waals surface area (Å²) in [5, 5.41) is 2.95. The number of benzene rings is 1. The maximum Gasteiger partial charge on any atom is 0.226 e. The van der Waals surface area contributed by atoms with Crippen molar-refractivity contribution in [2.75, 3.05) is 31.1 Å². The maximum atomic E-state index is 12.3. The van der Waals surface area contributed by atoms with E-state index in [9.17, 15) is 4.79 Å². The van der Waals surface area contributed by atoms with E-state index < -0.39 is 0 Å². The molecule has 1 amide bonds. The summed E-state index contributed by atoms with van der Waals surface area (Å²) in [6, 6.07) is 8.00. The third-order valence-corrected chi connectivity index (χ3v) is 4.85. The third-order valence-electron chi connectivity index (χ3n) is 4.85. The highest BCUT2D eigenvalue weighted by Gasteiger charge is 2.33. The van der Waals surface area contributed by atoms with Crippen LogP contribution >= 0.6 is 0 Å². The predicted molar refractivity (Wildman–Crippen MR) is 109 cm³/mol. The number of amides is 1. The van der Waals surface area contributed by atoms with Gasteiger partial charge in [0.1, 0.15) is 36.6 Å². The Bertz CT molecular complexity index is 962. The van der Waals surface area contributed by atoms with E-state index >= 15 is 0 Å². The van der Waals surface area contributed by atoms with Gasteiger partial charge < -0.3 is 15.0 Å². The lowest BCUT2D eigenvalue weighted by atomic mass is 9.99. The van der Waals surface area contributed by atoms with Crippen LogP contribution in [-0.4, -0.2) is 51.7 Å². The van der Waals surface area contributed by atoms with Gasteiger partial charge in [-0.25, -0.2) is 15.0 Å². The number of carbonyl (C=O) groups excluding carboxylic acids is 1. The molecular formula is C21H24N6O2. The molecule has 0 radical (unpaired) electrons. The summed E-state index contributed by atoms with van der Waals surface area (Å²) < 4.78 is 7.56. The first-order chi connectivity index (χ1) is 14.1. The van der Waals surface area contributed by atoms with Crippen LogP contribution in [0.1, 0.15) is 11.1 Å². The standard InChI is InChI=1S/C21H24N6O2/c1-15-7-16(2)9-18(8-15)29-6-4-23-21(28)17-11-27(12-17)20-10-19(24-13-25-20)26-5-3-22-14-26/h3,5,7-10,13-14,17H,4,6,11-12H2,1-2H3,(H,23,28). The first kappa shape index (κ1) is 18.9. The molecule has 8 heteroatoms. The van der Waals surface area contributed by atoms with Crippen LogP contribution in [0.25, 0.3) is 5.82 Å². The molecule has 0 atom stereocenters. The molecule has 0 bridgehead atoms. The first-order valence-corrected chi connectivity index (χ1v) is 9.62. The molecule has 1 aliphatic heterocycles. The largest absolute Gasteiger partial charge is 0.492 e. The van der Waals surface area contributed by atoms with Gasteiger partial charge >= 0.3 is 0 Å². The topological polar surface area (TPSA) is 85.2 Å². The molecule has 1 fully saturated rings. The average molecular weight is 392 g/mol. The predicted octanol–water partition coefficient (Wildman–Crippen LogP) is 1.91. The number of aryl methyl sites for hydroxylation is 2. The van der Waals surface area contributed by atoms with Gasteiger partial charge in [0, 0.05) is 31.5 Å². The second kappa shape index (κ2) is 8.30. The van der Waals surface area contributed by atoms with Gasteiger partial charge in [-0.15, -0.1) is 0 Å². The number of rotatable bonds is 7. The fourth-order valence-electron chi connectivity index (χ4n) is 3.38. The molecule has 2 aromatic heterocycles. The summed E-state index contributed by atoms with van der Waals surface area (Å²) in [6.45, 7) is 6.31. The van der Waals surface area contributed by atoms with Crippen LogP contribution in [0.3, 0.4) is 0 Å². The molecule has 150 valence electrons. The number of imidazole rings is 1. The molecule has 4 rings (SSSR count). The van der Waals surface area contributed by atoms with Gasteiger partial charge in [0.25, 0.3) is 0 Å². The molecule has 1 saturated heterocycles. The van der Waals surface area contributed by atoms with Crippen LogP contribution in [-0.2, 0) is 4.79 Å². The lowest BCUT2D eigenvalue weighted by Crippen LogP contribution is -2.54. The lowest BCUT2D eigenvalue weighted by Gasteiger charge is -2.39.